The monoisotopic (exact) mass is 309 g/mol. The molecule has 3 N–H and O–H groups in total. The molecule has 1 fully saturated rings. The number of carbonyl (C=O) groups excluding carboxylic acids is 2. The molecule has 0 saturated heterocycles. The SMILES string of the molecule is CCC(NC(=O)NCC(=O)NC1CC1)c1ccc(Cl)cc1. The van der Waals surface area contributed by atoms with Crippen LogP contribution in [-0.2, 0) is 4.79 Å². The zero-order valence-electron chi connectivity index (χ0n) is 12.0. The topological polar surface area (TPSA) is 70.2 Å². The number of carbonyl (C=O) groups is 2. The van der Waals surface area contributed by atoms with E-state index in [1.165, 1.54) is 0 Å². The molecule has 0 spiro atoms. The predicted octanol–water partition coefficient (Wildman–Crippen LogP) is 2.37. The highest BCUT2D eigenvalue weighted by Gasteiger charge is 2.23. The van der Waals surface area contributed by atoms with Crippen molar-refractivity contribution in [3.63, 3.8) is 0 Å². The van der Waals surface area contributed by atoms with E-state index in [1.807, 2.05) is 19.1 Å². The lowest BCUT2D eigenvalue weighted by atomic mass is 10.1. The van der Waals surface area contributed by atoms with Crippen LogP contribution in [0.15, 0.2) is 24.3 Å². The number of hydrogen-bond acceptors (Lipinski definition) is 2. The number of amides is 3. The summed E-state index contributed by atoms with van der Waals surface area (Å²) < 4.78 is 0. The fraction of sp³-hybridized carbons (Fsp3) is 0.467. The van der Waals surface area contributed by atoms with Crippen molar-refractivity contribution >= 4 is 23.5 Å². The van der Waals surface area contributed by atoms with Crippen LogP contribution in [0, 0.1) is 0 Å². The van der Waals surface area contributed by atoms with Crippen molar-refractivity contribution in [2.24, 2.45) is 0 Å². The quantitative estimate of drug-likeness (QED) is 0.755. The summed E-state index contributed by atoms with van der Waals surface area (Å²) in [6.07, 6.45) is 2.82. The Bertz CT molecular complexity index is 500. The van der Waals surface area contributed by atoms with Crippen LogP contribution in [0.3, 0.4) is 0 Å². The molecule has 5 nitrogen and oxygen atoms in total. The first kappa shape index (κ1) is 15.6. The van der Waals surface area contributed by atoms with E-state index in [0.717, 1.165) is 24.8 Å². The first-order valence-electron chi connectivity index (χ1n) is 7.17. The molecule has 1 aliphatic rings. The summed E-state index contributed by atoms with van der Waals surface area (Å²) in [4.78, 5) is 23.3. The van der Waals surface area contributed by atoms with Gasteiger partial charge in [0.25, 0.3) is 0 Å². The van der Waals surface area contributed by atoms with Gasteiger partial charge in [0.05, 0.1) is 12.6 Å². The van der Waals surface area contributed by atoms with Crippen LogP contribution >= 0.6 is 11.6 Å². The molecule has 0 radical (unpaired) electrons. The van der Waals surface area contributed by atoms with E-state index in [2.05, 4.69) is 16.0 Å². The van der Waals surface area contributed by atoms with Crippen LogP contribution < -0.4 is 16.0 Å². The molecule has 1 aromatic rings. The van der Waals surface area contributed by atoms with Gasteiger partial charge in [-0.2, -0.15) is 0 Å². The summed E-state index contributed by atoms with van der Waals surface area (Å²) in [6, 6.07) is 7.22. The van der Waals surface area contributed by atoms with Gasteiger partial charge in [-0.05, 0) is 37.0 Å². The fourth-order valence-electron chi connectivity index (χ4n) is 1.99. The van der Waals surface area contributed by atoms with Crippen LogP contribution in [-0.4, -0.2) is 24.5 Å². The normalized spacial score (nSPS) is 15.1. The summed E-state index contributed by atoms with van der Waals surface area (Å²) in [5.74, 6) is -0.146. The molecular weight excluding hydrogens is 290 g/mol. The first-order chi connectivity index (χ1) is 10.1. The van der Waals surface area contributed by atoms with Gasteiger partial charge in [-0.1, -0.05) is 30.7 Å². The number of hydrogen-bond donors (Lipinski definition) is 3. The number of urea groups is 1. The molecule has 1 atom stereocenters. The van der Waals surface area contributed by atoms with E-state index >= 15 is 0 Å². The highest BCUT2D eigenvalue weighted by Crippen LogP contribution is 2.19. The first-order valence-corrected chi connectivity index (χ1v) is 7.55. The van der Waals surface area contributed by atoms with Crippen molar-refractivity contribution in [3.05, 3.63) is 34.9 Å². The van der Waals surface area contributed by atoms with Gasteiger partial charge in [-0.3, -0.25) is 4.79 Å². The average Bonchev–Trinajstić information content (AvgIpc) is 3.27. The smallest absolute Gasteiger partial charge is 0.315 e. The lowest BCUT2D eigenvalue weighted by Crippen LogP contribution is -2.43. The second-order valence-corrected chi connectivity index (χ2v) is 5.62. The zero-order valence-corrected chi connectivity index (χ0v) is 12.7. The van der Waals surface area contributed by atoms with Crippen molar-refractivity contribution < 1.29 is 9.59 Å². The number of halogens is 1. The number of rotatable bonds is 6. The van der Waals surface area contributed by atoms with E-state index in [0.29, 0.717) is 11.1 Å². The molecule has 0 bridgehead atoms. The highest BCUT2D eigenvalue weighted by atomic mass is 35.5. The molecule has 1 aliphatic carbocycles. The largest absolute Gasteiger partial charge is 0.352 e. The van der Waals surface area contributed by atoms with E-state index < -0.39 is 0 Å². The maximum Gasteiger partial charge on any atom is 0.315 e. The van der Waals surface area contributed by atoms with E-state index in [1.54, 1.807) is 12.1 Å². The summed E-state index contributed by atoms with van der Waals surface area (Å²) in [5, 5.41) is 8.91. The van der Waals surface area contributed by atoms with Gasteiger partial charge in [-0.25, -0.2) is 4.79 Å². The molecule has 1 aromatic carbocycles. The van der Waals surface area contributed by atoms with Crippen LogP contribution in [0.1, 0.15) is 37.8 Å². The molecule has 0 aromatic heterocycles. The molecule has 0 aliphatic heterocycles. The molecule has 3 amide bonds. The molecule has 1 saturated carbocycles. The van der Waals surface area contributed by atoms with Gasteiger partial charge in [0.15, 0.2) is 0 Å². The molecule has 0 heterocycles. The molecule has 6 heteroatoms. The van der Waals surface area contributed by atoms with Crippen LogP contribution in [0.5, 0.6) is 0 Å². The minimum absolute atomic E-state index is 0.000610. The standard InChI is InChI=1S/C15H20ClN3O2/c1-2-13(10-3-5-11(16)6-4-10)19-15(21)17-9-14(20)18-12-7-8-12/h3-6,12-13H,2,7-9H2,1H3,(H,18,20)(H2,17,19,21). The fourth-order valence-corrected chi connectivity index (χ4v) is 2.12. The van der Waals surface area contributed by atoms with Gasteiger partial charge in [0, 0.05) is 11.1 Å². The minimum atomic E-state index is -0.345. The molecule has 1 unspecified atom stereocenters. The van der Waals surface area contributed by atoms with E-state index in [-0.39, 0.29) is 24.5 Å². The van der Waals surface area contributed by atoms with Gasteiger partial charge in [-0.15, -0.1) is 0 Å². The predicted molar refractivity (Wildman–Crippen MR) is 82.2 cm³/mol. The lowest BCUT2D eigenvalue weighted by Gasteiger charge is -2.18. The van der Waals surface area contributed by atoms with Gasteiger partial charge < -0.3 is 16.0 Å². The summed E-state index contributed by atoms with van der Waals surface area (Å²) in [6.45, 7) is 1.98. The van der Waals surface area contributed by atoms with Crippen molar-refractivity contribution in [1.82, 2.24) is 16.0 Å². The van der Waals surface area contributed by atoms with Crippen molar-refractivity contribution in [2.75, 3.05) is 6.54 Å². The van der Waals surface area contributed by atoms with Gasteiger partial charge in [0.2, 0.25) is 5.91 Å². The minimum Gasteiger partial charge on any atom is -0.352 e. The molecule has 21 heavy (non-hydrogen) atoms. The maximum atomic E-state index is 11.8. The summed E-state index contributed by atoms with van der Waals surface area (Å²) in [7, 11) is 0. The molecule has 2 rings (SSSR count). The highest BCUT2D eigenvalue weighted by molar-refractivity contribution is 6.30. The Morgan fingerprint density at radius 3 is 2.52 bits per heavy atom. The van der Waals surface area contributed by atoms with Crippen LogP contribution in [0.25, 0.3) is 0 Å². The van der Waals surface area contributed by atoms with Crippen molar-refractivity contribution in [1.29, 1.82) is 0 Å². The van der Waals surface area contributed by atoms with Crippen molar-refractivity contribution in [3.8, 4) is 0 Å². The summed E-state index contributed by atoms with van der Waals surface area (Å²) >= 11 is 5.85. The Morgan fingerprint density at radius 1 is 1.29 bits per heavy atom. The zero-order chi connectivity index (χ0) is 15.2. The Hall–Kier alpha value is -1.75. The number of benzene rings is 1. The average molecular weight is 310 g/mol. The van der Waals surface area contributed by atoms with Crippen molar-refractivity contribution in [2.45, 2.75) is 38.3 Å². The third-order valence-electron chi connectivity index (χ3n) is 3.34. The summed E-state index contributed by atoms with van der Waals surface area (Å²) in [5.41, 5.74) is 0.986. The van der Waals surface area contributed by atoms with Gasteiger partial charge >= 0.3 is 6.03 Å². The third-order valence-corrected chi connectivity index (χ3v) is 3.59. The second-order valence-electron chi connectivity index (χ2n) is 5.18. The van der Waals surface area contributed by atoms with Crippen LogP contribution in [0.2, 0.25) is 5.02 Å². The van der Waals surface area contributed by atoms with E-state index in [4.69, 9.17) is 11.6 Å². The molecular formula is C15H20ClN3O2. The maximum absolute atomic E-state index is 11.8. The Morgan fingerprint density at radius 2 is 1.95 bits per heavy atom. The Labute approximate surface area is 129 Å². The van der Waals surface area contributed by atoms with Crippen LogP contribution in [0.4, 0.5) is 4.79 Å². The van der Waals surface area contributed by atoms with E-state index in [9.17, 15) is 9.59 Å². The molecule has 114 valence electrons. The second kappa shape index (κ2) is 7.31. The number of nitrogens with one attached hydrogen (secondary N) is 3. The van der Waals surface area contributed by atoms with Gasteiger partial charge in [0.1, 0.15) is 0 Å². The third kappa shape index (κ3) is 5.27. The lowest BCUT2D eigenvalue weighted by molar-refractivity contribution is -0.120. The Kier molecular flexibility index (Phi) is 5.44. The Balaban J connectivity index is 1.78.